The summed E-state index contributed by atoms with van der Waals surface area (Å²) in [4.78, 5) is 15.8. The molecule has 3 aromatic rings. The van der Waals surface area contributed by atoms with Crippen LogP contribution in [0.25, 0.3) is 22.0 Å². The van der Waals surface area contributed by atoms with Gasteiger partial charge in [0.15, 0.2) is 0 Å². The fourth-order valence-corrected chi connectivity index (χ4v) is 2.15. The Balaban J connectivity index is 2.32. The first-order chi connectivity index (χ1) is 10.4. The summed E-state index contributed by atoms with van der Waals surface area (Å²) in [7, 11) is 0. The minimum Gasteiger partial charge on any atom is -0.320 e. The van der Waals surface area contributed by atoms with Crippen LogP contribution in [-0.2, 0) is 6.18 Å². The lowest BCUT2D eigenvalue weighted by molar-refractivity contribution is -0.141. The summed E-state index contributed by atoms with van der Waals surface area (Å²) in [6, 6.07) is 8.71. The van der Waals surface area contributed by atoms with Gasteiger partial charge in [0.05, 0.1) is 5.39 Å². The lowest BCUT2D eigenvalue weighted by atomic mass is 10.1. The van der Waals surface area contributed by atoms with Crippen LogP contribution >= 0.6 is 0 Å². The molecule has 22 heavy (non-hydrogen) atoms. The first kappa shape index (κ1) is 14.1. The van der Waals surface area contributed by atoms with Crippen molar-refractivity contribution in [2.24, 2.45) is 0 Å². The lowest BCUT2D eigenvalue weighted by Gasteiger charge is -2.10. The van der Waals surface area contributed by atoms with Crippen molar-refractivity contribution in [3.63, 3.8) is 0 Å². The second-order valence-electron chi connectivity index (χ2n) is 4.57. The molecule has 0 radical (unpaired) electrons. The summed E-state index contributed by atoms with van der Waals surface area (Å²) in [5.74, 6) is 5.50. The van der Waals surface area contributed by atoms with E-state index in [0.29, 0.717) is 10.2 Å². The molecule has 0 amide bonds. The van der Waals surface area contributed by atoms with Crippen molar-refractivity contribution in [3.8, 4) is 11.3 Å². The maximum atomic E-state index is 12.8. The first-order valence-electron chi connectivity index (χ1n) is 6.18. The van der Waals surface area contributed by atoms with Gasteiger partial charge in [0.25, 0.3) is 5.56 Å². The van der Waals surface area contributed by atoms with E-state index in [9.17, 15) is 18.0 Å². The van der Waals surface area contributed by atoms with E-state index in [0.717, 1.165) is 12.3 Å². The van der Waals surface area contributed by atoms with Crippen molar-refractivity contribution in [3.05, 3.63) is 58.6 Å². The number of rotatable bonds is 1. The average molecular weight is 306 g/mol. The van der Waals surface area contributed by atoms with Gasteiger partial charge in [-0.15, -0.1) is 9.89 Å². The van der Waals surface area contributed by atoms with Crippen molar-refractivity contribution < 1.29 is 13.2 Å². The van der Waals surface area contributed by atoms with Gasteiger partial charge in [0, 0.05) is 17.1 Å². The molecule has 5 nitrogen and oxygen atoms in total. The number of pyridine rings is 1. The standard InChI is InChI=1S/C14H9F3N4O/c15-14(16,17)11-7-8(5-6-19-11)12-9-3-1-2-4-10(9)13(22)21(18)20-12/h1-7H,18H2. The van der Waals surface area contributed by atoms with E-state index in [1.165, 1.54) is 12.1 Å². The van der Waals surface area contributed by atoms with Gasteiger partial charge < -0.3 is 5.84 Å². The lowest BCUT2D eigenvalue weighted by Crippen LogP contribution is -2.30. The van der Waals surface area contributed by atoms with Gasteiger partial charge in [-0.3, -0.25) is 9.78 Å². The zero-order valence-corrected chi connectivity index (χ0v) is 11.0. The monoisotopic (exact) mass is 306 g/mol. The fraction of sp³-hybridized carbons (Fsp3) is 0.0714. The van der Waals surface area contributed by atoms with Gasteiger partial charge in [0.1, 0.15) is 11.4 Å². The maximum absolute atomic E-state index is 12.8. The highest BCUT2D eigenvalue weighted by Crippen LogP contribution is 2.31. The van der Waals surface area contributed by atoms with E-state index in [1.54, 1.807) is 18.2 Å². The molecule has 1 aromatic carbocycles. The smallest absolute Gasteiger partial charge is 0.320 e. The Kier molecular flexibility index (Phi) is 3.09. The van der Waals surface area contributed by atoms with Crippen LogP contribution in [0.4, 0.5) is 13.2 Å². The molecule has 0 aliphatic carbocycles. The Labute approximate surface area is 121 Å². The van der Waals surface area contributed by atoms with Gasteiger partial charge >= 0.3 is 6.18 Å². The fourth-order valence-electron chi connectivity index (χ4n) is 2.15. The summed E-state index contributed by atoms with van der Waals surface area (Å²) in [5.41, 5.74) is -1.20. The third-order valence-corrected chi connectivity index (χ3v) is 3.15. The highest BCUT2D eigenvalue weighted by atomic mass is 19.4. The molecule has 2 heterocycles. The van der Waals surface area contributed by atoms with Crippen LogP contribution in [0.5, 0.6) is 0 Å². The molecule has 0 unspecified atom stereocenters. The maximum Gasteiger partial charge on any atom is 0.433 e. The predicted molar refractivity (Wildman–Crippen MR) is 74.4 cm³/mol. The van der Waals surface area contributed by atoms with Crippen LogP contribution in [0.2, 0.25) is 0 Å². The van der Waals surface area contributed by atoms with E-state index in [1.807, 2.05) is 0 Å². The summed E-state index contributed by atoms with van der Waals surface area (Å²) >= 11 is 0. The molecular weight excluding hydrogens is 297 g/mol. The van der Waals surface area contributed by atoms with Gasteiger partial charge in [-0.25, -0.2) is 0 Å². The van der Waals surface area contributed by atoms with Gasteiger partial charge in [0.2, 0.25) is 0 Å². The van der Waals surface area contributed by atoms with E-state index in [2.05, 4.69) is 10.1 Å². The number of fused-ring (bicyclic) bond motifs is 1. The second-order valence-corrected chi connectivity index (χ2v) is 4.57. The van der Waals surface area contributed by atoms with Crippen molar-refractivity contribution in [2.45, 2.75) is 6.18 Å². The van der Waals surface area contributed by atoms with E-state index < -0.39 is 17.4 Å². The van der Waals surface area contributed by atoms with Crippen LogP contribution in [0, 0.1) is 0 Å². The molecule has 2 N–H and O–H groups in total. The number of hydrogen-bond donors (Lipinski definition) is 1. The average Bonchev–Trinajstić information content (AvgIpc) is 2.50. The van der Waals surface area contributed by atoms with Crippen LogP contribution in [0.3, 0.4) is 0 Å². The summed E-state index contributed by atoms with van der Waals surface area (Å²) in [6.45, 7) is 0. The number of halogens is 3. The first-order valence-corrected chi connectivity index (χ1v) is 6.18. The highest BCUT2D eigenvalue weighted by molar-refractivity contribution is 5.93. The Morgan fingerprint density at radius 1 is 1.09 bits per heavy atom. The third-order valence-electron chi connectivity index (χ3n) is 3.15. The second kappa shape index (κ2) is 4.83. The van der Waals surface area contributed by atoms with Crippen LogP contribution < -0.4 is 11.4 Å². The molecule has 0 spiro atoms. The highest BCUT2D eigenvalue weighted by Gasteiger charge is 2.32. The Hall–Kier alpha value is -2.90. The summed E-state index contributed by atoms with van der Waals surface area (Å²) in [6.07, 6.45) is -3.52. The van der Waals surface area contributed by atoms with Crippen LogP contribution in [0.15, 0.2) is 47.4 Å². The number of aromatic nitrogens is 3. The number of benzene rings is 1. The molecule has 0 bridgehead atoms. The Morgan fingerprint density at radius 3 is 2.45 bits per heavy atom. The zero-order valence-electron chi connectivity index (χ0n) is 11.0. The van der Waals surface area contributed by atoms with Crippen molar-refractivity contribution >= 4 is 10.8 Å². The molecule has 112 valence electrons. The van der Waals surface area contributed by atoms with E-state index >= 15 is 0 Å². The van der Waals surface area contributed by atoms with Gasteiger partial charge in [-0.2, -0.15) is 13.2 Å². The third kappa shape index (κ3) is 2.28. The number of nitrogen functional groups attached to an aromatic ring is 1. The van der Waals surface area contributed by atoms with Crippen LogP contribution in [0.1, 0.15) is 5.69 Å². The minimum absolute atomic E-state index is 0.178. The number of hydrogen-bond acceptors (Lipinski definition) is 4. The van der Waals surface area contributed by atoms with E-state index in [4.69, 9.17) is 5.84 Å². The molecule has 0 fully saturated rings. The normalized spacial score (nSPS) is 11.8. The predicted octanol–water partition coefficient (Wildman–Crippen LogP) is 2.19. The van der Waals surface area contributed by atoms with Crippen LogP contribution in [-0.4, -0.2) is 14.9 Å². The minimum atomic E-state index is -4.57. The number of nitrogens with zero attached hydrogens (tertiary/aromatic N) is 3. The Morgan fingerprint density at radius 2 is 1.77 bits per heavy atom. The molecule has 0 saturated carbocycles. The Bertz CT molecular complexity index is 918. The molecule has 8 heteroatoms. The SMILES string of the molecule is Nn1nc(-c2ccnc(C(F)(F)F)c2)c2ccccc2c1=O. The molecule has 0 aliphatic heterocycles. The summed E-state index contributed by atoms with van der Waals surface area (Å²) in [5, 5.41) is 4.58. The van der Waals surface area contributed by atoms with Gasteiger partial charge in [-0.05, 0) is 18.2 Å². The summed E-state index contributed by atoms with van der Waals surface area (Å²) < 4.78 is 38.3. The number of alkyl halides is 3. The molecule has 0 saturated heterocycles. The molecule has 2 aromatic heterocycles. The van der Waals surface area contributed by atoms with Crippen molar-refractivity contribution in [1.82, 2.24) is 14.9 Å². The zero-order chi connectivity index (χ0) is 15.9. The molecule has 0 aliphatic rings. The topological polar surface area (TPSA) is 73.8 Å². The van der Waals surface area contributed by atoms with Crippen molar-refractivity contribution in [2.75, 3.05) is 5.84 Å². The largest absolute Gasteiger partial charge is 0.433 e. The molecule has 3 rings (SSSR count). The van der Waals surface area contributed by atoms with Crippen molar-refractivity contribution in [1.29, 1.82) is 0 Å². The molecular formula is C14H9F3N4O. The number of nitrogens with two attached hydrogens (primary N) is 1. The van der Waals surface area contributed by atoms with E-state index in [-0.39, 0.29) is 16.6 Å². The van der Waals surface area contributed by atoms with Gasteiger partial charge in [-0.1, -0.05) is 18.2 Å². The molecule has 0 atom stereocenters. The quantitative estimate of drug-likeness (QED) is 0.699.